The second-order valence-corrected chi connectivity index (χ2v) is 10.8. The maximum Gasteiger partial charge on any atom is 0.0999 e. The predicted octanol–water partition coefficient (Wildman–Crippen LogP) is 6.96. The molecule has 3 atom stereocenters. The molecule has 0 heterocycles. The monoisotopic (exact) mass is 504 g/mol. The minimum atomic E-state index is -1.13. The fraction of sp³-hybridized carbons (Fsp3) is 0.452. The molecule has 0 aromatic heterocycles. The first-order chi connectivity index (χ1) is 17.6. The van der Waals surface area contributed by atoms with Gasteiger partial charge in [-0.3, -0.25) is 4.21 Å². The number of hydrogen-bond donors (Lipinski definition) is 0. The molecule has 2 aromatic rings. The summed E-state index contributed by atoms with van der Waals surface area (Å²) in [7, 11) is -1.13. The van der Waals surface area contributed by atoms with Crippen LogP contribution >= 0.6 is 0 Å². The SMILES string of the molecule is CCCCC1C(OCCCN(CC)CC)=CC=CC1c1ccc(S(=O)Cc2ccc(C#N)cc2)cc1. The number of benzene rings is 2. The Morgan fingerprint density at radius 3 is 2.36 bits per heavy atom. The third-order valence-corrected chi connectivity index (χ3v) is 8.33. The average molecular weight is 505 g/mol. The van der Waals surface area contributed by atoms with Crippen LogP contribution in [0.4, 0.5) is 0 Å². The molecule has 192 valence electrons. The molecule has 3 rings (SSSR count). The minimum absolute atomic E-state index is 0.264. The van der Waals surface area contributed by atoms with E-state index in [4.69, 9.17) is 10.00 Å². The van der Waals surface area contributed by atoms with Gasteiger partial charge < -0.3 is 9.64 Å². The first kappa shape index (κ1) is 27.9. The third kappa shape index (κ3) is 7.91. The van der Waals surface area contributed by atoms with Crippen molar-refractivity contribution in [1.82, 2.24) is 4.90 Å². The molecule has 1 aliphatic carbocycles. The highest BCUT2D eigenvalue weighted by atomic mass is 32.2. The topological polar surface area (TPSA) is 53.3 Å². The summed E-state index contributed by atoms with van der Waals surface area (Å²) in [6.45, 7) is 10.6. The van der Waals surface area contributed by atoms with Gasteiger partial charge in [-0.2, -0.15) is 5.26 Å². The average Bonchev–Trinajstić information content (AvgIpc) is 2.92. The zero-order valence-electron chi connectivity index (χ0n) is 22.0. The summed E-state index contributed by atoms with van der Waals surface area (Å²) >= 11 is 0. The minimum Gasteiger partial charge on any atom is -0.498 e. The lowest BCUT2D eigenvalue weighted by atomic mass is 9.79. The third-order valence-electron chi connectivity index (χ3n) is 6.94. The number of unbranched alkanes of at least 4 members (excludes halogenated alkanes) is 1. The van der Waals surface area contributed by atoms with Gasteiger partial charge in [0.25, 0.3) is 0 Å². The Labute approximate surface area is 220 Å². The van der Waals surface area contributed by atoms with Crippen LogP contribution in [0.15, 0.2) is 77.4 Å². The summed E-state index contributed by atoms with van der Waals surface area (Å²) in [6.07, 6.45) is 11.0. The van der Waals surface area contributed by atoms with Gasteiger partial charge in [0, 0.05) is 23.3 Å². The largest absolute Gasteiger partial charge is 0.498 e. The van der Waals surface area contributed by atoms with Gasteiger partial charge in [-0.1, -0.05) is 70.0 Å². The van der Waals surface area contributed by atoms with Gasteiger partial charge in [-0.05, 0) is 67.4 Å². The molecule has 0 radical (unpaired) electrons. The van der Waals surface area contributed by atoms with Crippen molar-refractivity contribution in [2.45, 2.75) is 63.0 Å². The predicted molar refractivity (Wildman–Crippen MR) is 149 cm³/mol. The Kier molecular flexibility index (Phi) is 11.5. The summed E-state index contributed by atoms with van der Waals surface area (Å²) in [4.78, 5) is 3.26. The Bertz CT molecular complexity index is 1060. The van der Waals surface area contributed by atoms with Gasteiger partial charge in [-0.25, -0.2) is 0 Å². The fourth-order valence-corrected chi connectivity index (χ4v) is 5.82. The van der Waals surface area contributed by atoms with Crippen molar-refractivity contribution in [2.24, 2.45) is 5.92 Å². The molecule has 5 heteroatoms. The Morgan fingerprint density at radius 1 is 1.00 bits per heavy atom. The van der Waals surface area contributed by atoms with Crippen molar-refractivity contribution in [3.8, 4) is 6.07 Å². The Hall–Kier alpha value is -2.68. The highest BCUT2D eigenvalue weighted by Gasteiger charge is 2.27. The molecule has 0 fully saturated rings. The molecule has 0 spiro atoms. The van der Waals surface area contributed by atoms with Crippen LogP contribution < -0.4 is 0 Å². The van der Waals surface area contributed by atoms with E-state index in [1.807, 2.05) is 24.3 Å². The number of ether oxygens (including phenoxy) is 1. The Morgan fingerprint density at radius 2 is 1.72 bits per heavy atom. The van der Waals surface area contributed by atoms with E-state index in [0.717, 1.165) is 61.7 Å². The molecule has 0 saturated carbocycles. The Balaban J connectivity index is 1.65. The van der Waals surface area contributed by atoms with Gasteiger partial charge in [0.1, 0.15) is 0 Å². The normalized spacial score (nSPS) is 18.0. The van der Waals surface area contributed by atoms with Crippen molar-refractivity contribution in [3.63, 3.8) is 0 Å². The smallest absolute Gasteiger partial charge is 0.0999 e. The molecule has 1 aliphatic rings. The van der Waals surface area contributed by atoms with Crippen LogP contribution in [0.3, 0.4) is 0 Å². The lowest BCUT2D eigenvalue weighted by Crippen LogP contribution is -2.25. The number of nitriles is 1. The molecular formula is C31H40N2O2S. The van der Waals surface area contributed by atoms with E-state index in [1.165, 1.54) is 12.0 Å². The quantitative estimate of drug-likeness (QED) is 0.261. The van der Waals surface area contributed by atoms with Crippen LogP contribution in [0.25, 0.3) is 0 Å². The maximum absolute atomic E-state index is 13.0. The maximum atomic E-state index is 13.0. The van der Waals surface area contributed by atoms with E-state index in [2.05, 4.69) is 62.1 Å². The van der Waals surface area contributed by atoms with E-state index in [0.29, 0.717) is 17.2 Å². The summed E-state index contributed by atoms with van der Waals surface area (Å²) in [5.74, 6) is 2.14. The van der Waals surface area contributed by atoms with Crippen molar-refractivity contribution >= 4 is 10.8 Å². The molecular weight excluding hydrogens is 464 g/mol. The number of hydrogen-bond acceptors (Lipinski definition) is 4. The van der Waals surface area contributed by atoms with Crippen LogP contribution in [0.1, 0.15) is 69.1 Å². The zero-order valence-corrected chi connectivity index (χ0v) is 22.8. The van der Waals surface area contributed by atoms with Crippen LogP contribution in [-0.4, -0.2) is 35.3 Å². The number of nitrogens with zero attached hydrogens (tertiary/aromatic N) is 2. The van der Waals surface area contributed by atoms with Gasteiger partial charge in [0.15, 0.2) is 0 Å². The number of rotatable bonds is 14. The van der Waals surface area contributed by atoms with Crippen molar-refractivity contribution < 1.29 is 8.95 Å². The highest BCUT2D eigenvalue weighted by molar-refractivity contribution is 7.84. The van der Waals surface area contributed by atoms with E-state index in [9.17, 15) is 4.21 Å². The molecule has 0 saturated heterocycles. The van der Waals surface area contributed by atoms with Crippen molar-refractivity contribution in [2.75, 3.05) is 26.2 Å². The molecule has 0 bridgehead atoms. The highest BCUT2D eigenvalue weighted by Crippen LogP contribution is 2.38. The summed E-state index contributed by atoms with van der Waals surface area (Å²) in [5, 5.41) is 8.97. The summed E-state index contributed by atoms with van der Waals surface area (Å²) in [5.41, 5.74) is 2.83. The molecule has 3 unspecified atom stereocenters. The number of allylic oxidation sites excluding steroid dienone is 4. The van der Waals surface area contributed by atoms with E-state index in [-0.39, 0.29) is 5.92 Å². The van der Waals surface area contributed by atoms with E-state index in [1.54, 1.807) is 12.1 Å². The van der Waals surface area contributed by atoms with Crippen molar-refractivity contribution in [1.29, 1.82) is 5.26 Å². The molecule has 0 N–H and O–H groups in total. The molecule has 4 nitrogen and oxygen atoms in total. The first-order valence-corrected chi connectivity index (χ1v) is 14.6. The standard InChI is InChI=1S/C31H40N2O2S/c1-4-7-10-30-29(11-8-12-31(30)35-22-9-21-33(5-2)6-3)27-17-19-28(20-18-27)36(34)24-26-15-13-25(23-32)14-16-26/h8,11-20,29-30H,4-7,9-10,21-22,24H2,1-3H3. The molecule has 2 aromatic carbocycles. The molecule has 36 heavy (non-hydrogen) atoms. The zero-order chi connectivity index (χ0) is 25.8. The van der Waals surface area contributed by atoms with Crippen LogP contribution in [0.2, 0.25) is 0 Å². The van der Waals surface area contributed by atoms with E-state index >= 15 is 0 Å². The first-order valence-electron chi connectivity index (χ1n) is 13.3. The van der Waals surface area contributed by atoms with Gasteiger partial charge >= 0.3 is 0 Å². The van der Waals surface area contributed by atoms with Crippen LogP contribution in [-0.2, 0) is 21.3 Å². The van der Waals surface area contributed by atoms with Gasteiger partial charge in [0.05, 0.1) is 40.6 Å². The second-order valence-electron chi connectivity index (χ2n) is 9.32. The molecule has 0 aliphatic heterocycles. The van der Waals surface area contributed by atoms with Gasteiger partial charge in [0.2, 0.25) is 0 Å². The van der Waals surface area contributed by atoms with Gasteiger partial charge in [-0.15, -0.1) is 0 Å². The molecule has 0 amide bonds. The van der Waals surface area contributed by atoms with E-state index < -0.39 is 10.8 Å². The lowest BCUT2D eigenvalue weighted by molar-refractivity contribution is 0.150. The summed E-state index contributed by atoms with van der Waals surface area (Å²) in [6, 6.07) is 17.7. The lowest BCUT2D eigenvalue weighted by Gasteiger charge is -2.30. The fourth-order valence-electron chi connectivity index (χ4n) is 4.72. The van der Waals surface area contributed by atoms with Crippen LogP contribution in [0.5, 0.6) is 0 Å². The second kappa shape index (κ2) is 14.8. The summed E-state index contributed by atoms with van der Waals surface area (Å²) < 4.78 is 19.3. The van der Waals surface area contributed by atoms with Crippen LogP contribution in [0, 0.1) is 17.2 Å². The van der Waals surface area contributed by atoms with Crippen molar-refractivity contribution in [3.05, 3.63) is 89.2 Å².